The number of hydrogen-bond donors (Lipinski definition) is 1. The Labute approximate surface area is 300 Å². The van der Waals surface area contributed by atoms with Crippen LogP contribution in [-0.4, -0.2) is 9.13 Å². The van der Waals surface area contributed by atoms with Gasteiger partial charge in [-0.3, -0.25) is 0 Å². The van der Waals surface area contributed by atoms with Crippen LogP contribution in [0.4, 0.5) is 0 Å². The quantitative estimate of drug-likeness (QED) is 0.192. The summed E-state index contributed by atoms with van der Waals surface area (Å²) in [6.07, 6.45) is 36.0. The van der Waals surface area contributed by atoms with Crippen molar-refractivity contribution in [3.63, 3.8) is 0 Å². The smallest absolute Gasteiger partial charge is 0.0540 e. The first kappa shape index (κ1) is 30.3. The molecule has 2 aromatic heterocycles. The number of rotatable bonds is 6. The Morgan fingerprint density at radius 1 is 0.588 bits per heavy atom. The van der Waals surface area contributed by atoms with Crippen LogP contribution in [0.1, 0.15) is 62.6 Å². The lowest BCUT2D eigenvalue weighted by molar-refractivity contribution is 0.746. The maximum Gasteiger partial charge on any atom is 0.0540 e. The molecular weight excluding hydrogens is 619 g/mol. The Kier molecular flexibility index (Phi) is 7.52. The highest BCUT2D eigenvalue weighted by Crippen LogP contribution is 2.40. The van der Waals surface area contributed by atoms with Crippen LogP contribution in [0.5, 0.6) is 0 Å². The number of fused-ring (bicyclic) bond motifs is 6. The molecular formula is C48H43N3. The van der Waals surface area contributed by atoms with Gasteiger partial charge in [0.05, 0.1) is 22.2 Å². The summed E-state index contributed by atoms with van der Waals surface area (Å²) in [4.78, 5) is 0. The number of nitrogens with zero attached hydrogens (tertiary/aromatic N) is 2. The van der Waals surface area contributed by atoms with Crippen molar-refractivity contribution >= 4 is 50.2 Å². The summed E-state index contributed by atoms with van der Waals surface area (Å²) in [5.41, 5.74) is 16.3. The third-order valence-corrected chi connectivity index (χ3v) is 11.6. The maximum absolute atomic E-state index is 3.82. The van der Waals surface area contributed by atoms with Crippen molar-refractivity contribution < 1.29 is 0 Å². The van der Waals surface area contributed by atoms with E-state index in [9.17, 15) is 0 Å². The topological polar surface area (TPSA) is 21.9 Å². The number of aromatic nitrogens is 2. The van der Waals surface area contributed by atoms with E-state index < -0.39 is 0 Å². The molecule has 5 aliphatic carbocycles. The third kappa shape index (κ3) is 5.34. The first-order valence-electron chi connectivity index (χ1n) is 18.9. The molecule has 0 radical (unpaired) electrons. The van der Waals surface area contributed by atoms with Crippen molar-refractivity contribution in [1.82, 2.24) is 14.5 Å². The molecule has 0 saturated heterocycles. The van der Waals surface area contributed by atoms with Crippen LogP contribution < -0.4 is 5.32 Å². The highest BCUT2D eigenvalue weighted by atomic mass is 15.0. The molecule has 3 heteroatoms. The lowest BCUT2D eigenvalue weighted by atomic mass is 9.88. The van der Waals surface area contributed by atoms with Crippen LogP contribution >= 0.6 is 0 Å². The zero-order valence-electron chi connectivity index (χ0n) is 29.1. The van der Waals surface area contributed by atoms with Crippen molar-refractivity contribution in [1.29, 1.82) is 0 Å². The van der Waals surface area contributed by atoms with Gasteiger partial charge >= 0.3 is 0 Å². The van der Waals surface area contributed by atoms with Gasteiger partial charge in [-0.1, -0.05) is 97.1 Å². The molecule has 0 amide bonds. The first-order chi connectivity index (χ1) is 25.3. The molecule has 51 heavy (non-hydrogen) atoms. The number of nitrogens with one attached hydrogen (secondary N) is 1. The highest BCUT2D eigenvalue weighted by molar-refractivity contribution is 6.10. The molecule has 0 fully saturated rings. The minimum Gasteiger partial charge on any atom is -0.359 e. The van der Waals surface area contributed by atoms with E-state index in [0.717, 1.165) is 44.9 Å². The van der Waals surface area contributed by atoms with Crippen molar-refractivity contribution in [3.8, 4) is 0 Å². The SMILES string of the molecule is C1=CC(C2C=CC(NC3=Cc4c(c5ccccc5n4C4=CC=C(C5=CC(n6c7ccccc7c7ccccc76)=CCC5)CC4)CC3)=CC2)=CCC1. The molecule has 5 aliphatic rings. The standard InChI is InChI=1S/C48H43N3/c1-2-11-33(12-3-1)34-21-25-37(26-22-34)49-38-27-30-44-43-17-6-7-18-45(43)50(48(44)32-38)39-28-23-35(24-29-39)36-13-10-14-40(31-36)51-46-19-8-4-15-41(46)42-16-5-9-20-47(42)51/h2,4-9,11-12,14-21,23,25-26,28,31-32,34,49H,1,3,10,13,22,24,27,29-30H2. The van der Waals surface area contributed by atoms with Crippen LogP contribution in [-0.2, 0) is 6.42 Å². The Bertz CT molecular complexity index is 2470. The molecule has 2 heterocycles. The normalized spacial score (nSPS) is 20.3. The molecule has 3 aromatic carbocycles. The van der Waals surface area contributed by atoms with Gasteiger partial charge in [0.2, 0.25) is 0 Å². The van der Waals surface area contributed by atoms with E-state index in [4.69, 9.17) is 0 Å². The Hall–Kier alpha value is -5.54. The minimum atomic E-state index is 0.499. The minimum absolute atomic E-state index is 0.499. The predicted octanol–water partition coefficient (Wildman–Crippen LogP) is 12.2. The van der Waals surface area contributed by atoms with Crippen molar-refractivity contribution in [2.24, 2.45) is 5.92 Å². The van der Waals surface area contributed by atoms with Crippen molar-refractivity contribution in [3.05, 3.63) is 173 Å². The molecule has 0 aliphatic heterocycles. The second-order valence-electron chi connectivity index (χ2n) is 14.6. The summed E-state index contributed by atoms with van der Waals surface area (Å²) in [7, 11) is 0. The largest absolute Gasteiger partial charge is 0.359 e. The second kappa shape index (κ2) is 12.7. The Balaban J connectivity index is 0.956. The molecule has 0 saturated carbocycles. The van der Waals surface area contributed by atoms with Gasteiger partial charge in [-0.05, 0) is 123 Å². The molecule has 1 atom stereocenters. The summed E-state index contributed by atoms with van der Waals surface area (Å²) in [6, 6.07) is 26.7. The monoisotopic (exact) mass is 661 g/mol. The fraction of sp³-hybridized carbons (Fsp3) is 0.208. The summed E-state index contributed by atoms with van der Waals surface area (Å²) in [5.74, 6) is 0.499. The fourth-order valence-electron chi connectivity index (χ4n) is 9.08. The maximum atomic E-state index is 3.82. The predicted molar refractivity (Wildman–Crippen MR) is 216 cm³/mol. The lowest BCUT2D eigenvalue weighted by Crippen LogP contribution is -2.18. The second-order valence-corrected chi connectivity index (χ2v) is 14.6. The molecule has 3 nitrogen and oxygen atoms in total. The van der Waals surface area contributed by atoms with Crippen molar-refractivity contribution in [2.45, 2.75) is 57.8 Å². The van der Waals surface area contributed by atoms with Gasteiger partial charge in [0.25, 0.3) is 0 Å². The highest BCUT2D eigenvalue weighted by Gasteiger charge is 2.24. The summed E-state index contributed by atoms with van der Waals surface area (Å²) in [5, 5.41) is 7.85. The van der Waals surface area contributed by atoms with Gasteiger partial charge in [0.1, 0.15) is 0 Å². The number of para-hydroxylation sites is 3. The van der Waals surface area contributed by atoms with E-state index in [0.29, 0.717) is 5.92 Å². The van der Waals surface area contributed by atoms with Gasteiger partial charge in [0.15, 0.2) is 0 Å². The fourth-order valence-corrected chi connectivity index (χ4v) is 9.08. The lowest BCUT2D eigenvalue weighted by Gasteiger charge is -2.24. The van der Waals surface area contributed by atoms with Gasteiger partial charge in [0, 0.05) is 44.9 Å². The molecule has 10 rings (SSSR count). The number of allylic oxidation sites excluding steroid dienone is 16. The number of hydrogen-bond acceptors (Lipinski definition) is 1. The molecule has 1 N–H and O–H groups in total. The van der Waals surface area contributed by atoms with E-state index in [1.807, 2.05) is 0 Å². The molecule has 0 bridgehead atoms. The van der Waals surface area contributed by atoms with Crippen LogP contribution in [0.25, 0.3) is 50.2 Å². The van der Waals surface area contributed by atoms with Gasteiger partial charge in [-0.2, -0.15) is 0 Å². The first-order valence-corrected chi connectivity index (χ1v) is 18.9. The molecule has 0 spiro atoms. The molecule has 5 aromatic rings. The summed E-state index contributed by atoms with van der Waals surface area (Å²) < 4.78 is 5.02. The van der Waals surface area contributed by atoms with E-state index >= 15 is 0 Å². The van der Waals surface area contributed by atoms with Crippen LogP contribution in [0.15, 0.2) is 162 Å². The van der Waals surface area contributed by atoms with Gasteiger partial charge in [-0.15, -0.1) is 0 Å². The van der Waals surface area contributed by atoms with Crippen molar-refractivity contribution in [2.75, 3.05) is 0 Å². The van der Waals surface area contributed by atoms with Gasteiger partial charge in [-0.25, -0.2) is 0 Å². The van der Waals surface area contributed by atoms with E-state index in [1.165, 1.54) is 96.3 Å². The molecule has 1 unspecified atom stereocenters. The number of benzene rings is 3. The zero-order chi connectivity index (χ0) is 33.7. The molecule has 250 valence electrons. The Morgan fingerprint density at radius 3 is 2.06 bits per heavy atom. The number of aryl methyl sites for hydroxylation is 1. The average molecular weight is 662 g/mol. The van der Waals surface area contributed by atoms with E-state index in [-0.39, 0.29) is 0 Å². The van der Waals surface area contributed by atoms with E-state index in [2.05, 4.69) is 154 Å². The summed E-state index contributed by atoms with van der Waals surface area (Å²) >= 11 is 0. The average Bonchev–Trinajstić information content (AvgIpc) is 3.71. The van der Waals surface area contributed by atoms with Crippen LogP contribution in [0, 0.1) is 5.92 Å². The zero-order valence-corrected chi connectivity index (χ0v) is 29.1. The van der Waals surface area contributed by atoms with Gasteiger partial charge < -0.3 is 14.5 Å². The summed E-state index contributed by atoms with van der Waals surface area (Å²) in [6.45, 7) is 0. The third-order valence-electron chi connectivity index (χ3n) is 11.6. The van der Waals surface area contributed by atoms with E-state index in [1.54, 1.807) is 0 Å². The van der Waals surface area contributed by atoms with Crippen LogP contribution in [0.3, 0.4) is 0 Å². The Morgan fingerprint density at radius 2 is 1.35 bits per heavy atom. The van der Waals surface area contributed by atoms with Crippen LogP contribution in [0.2, 0.25) is 0 Å².